The van der Waals surface area contributed by atoms with Gasteiger partial charge < -0.3 is 10.1 Å². The third-order valence-corrected chi connectivity index (χ3v) is 5.48. The van der Waals surface area contributed by atoms with E-state index in [1.165, 1.54) is 11.3 Å². The summed E-state index contributed by atoms with van der Waals surface area (Å²) in [4.78, 5) is 21.9. The van der Waals surface area contributed by atoms with Gasteiger partial charge >= 0.3 is 0 Å². The smallest absolute Gasteiger partial charge is 0.268 e. The molecular formula is C17H21N5O2S. The second-order valence-corrected chi connectivity index (χ2v) is 7.34. The van der Waals surface area contributed by atoms with Crippen molar-refractivity contribution in [2.75, 3.05) is 6.54 Å². The number of rotatable bonds is 4. The lowest BCUT2D eigenvalue weighted by Crippen LogP contribution is -2.25. The maximum absolute atomic E-state index is 12.1. The molecule has 0 aliphatic carbocycles. The minimum Gasteiger partial charge on any atom is -0.387 e. The fraction of sp³-hybridized carbons (Fsp3) is 0.471. The van der Waals surface area contributed by atoms with E-state index in [0.29, 0.717) is 23.5 Å². The molecule has 1 aliphatic heterocycles. The van der Waals surface area contributed by atoms with Gasteiger partial charge in [-0.15, -0.1) is 11.3 Å². The Kier molecular flexibility index (Phi) is 4.41. The fourth-order valence-corrected chi connectivity index (χ4v) is 3.99. The molecule has 4 rings (SSSR count). The molecule has 0 radical (unpaired) electrons. The van der Waals surface area contributed by atoms with Gasteiger partial charge in [-0.2, -0.15) is 5.10 Å². The van der Waals surface area contributed by atoms with Gasteiger partial charge in [0, 0.05) is 19.6 Å². The van der Waals surface area contributed by atoms with E-state index in [1.54, 1.807) is 0 Å². The first-order valence-corrected chi connectivity index (χ1v) is 9.45. The molecule has 132 valence electrons. The highest BCUT2D eigenvalue weighted by Crippen LogP contribution is 2.21. The van der Waals surface area contributed by atoms with Gasteiger partial charge in [-0.05, 0) is 30.4 Å². The van der Waals surface area contributed by atoms with Crippen molar-refractivity contribution in [1.82, 2.24) is 24.6 Å². The summed E-state index contributed by atoms with van der Waals surface area (Å²) in [6.45, 7) is 5.03. The van der Waals surface area contributed by atoms with E-state index in [9.17, 15) is 9.90 Å². The molecule has 0 spiro atoms. The van der Waals surface area contributed by atoms with Crippen LogP contribution in [0.3, 0.4) is 0 Å². The van der Waals surface area contributed by atoms with Crippen molar-refractivity contribution in [3.8, 4) is 0 Å². The Hall–Kier alpha value is -2.03. The number of aromatic nitrogens is 4. The Morgan fingerprint density at radius 1 is 1.44 bits per heavy atom. The highest BCUT2D eigenvalue weighted by Gasteiger charge is 2.20. The van der Waals surface area contributed by atoms with Crippen molar-refractivity contribution < 1.29 is 5.11 Å². The zero-order chi connectivity index (χ0) is 17.4. The molecular weight excluding hydrogens is 338 g/mol. The van der Waals surface area contributed by atoms with Crippen molar-refractivity contribution >= 4 is 21.6 Å². The van der Waals surface area contributed by atoms with E-state index in [2.05, 4.69) is 20.0 Å². The van der Waals surface area contributed by atoms with Gasteiger partial charge in [-0.3, -0.25) is 14.4 Å². The molecule has 0 saturated carbocycles. The van der Waals surface area contributed by atoms with Gasteiger partial charge in [0.05, 0.1) is 29.6 Å². The van der Waals surface area contributed by atoms with Crippen molar-refractivity contribution in [1.29, 1.82) is 0 Å². The van der Waals surface area contributed by atoms with E-state index < -0.39 is 6.10 Å². The largest absolute Gasteiger partial charge is 0.387 e. The third-order valence-electron chi connectivity index (χ3n) is 4.58. The summed E-state index contributed by atoms with van der Waals surface area (Å²) >= 11 is 1.42. The molecule has 0 saturated heterocycles. The predicted octanol–water partition coefficient (Wildman–Crippen LogP) is 2.03. The number of hydrogen-bond donors (Lipinski definition) is 2. The molecule has 0 aromatic carbocycles. The van der Waals surface area contributed by atoms with Gasteiger partial charge in [0.2, 0.25) is 0 Å². The van der Waals surface area contributed by atoms with Crippen molar-refractivity contribution in [2.45, 2.75) is 45.5 Å². The zero-order valence-electron chi connectivity index (χ0n) is 14.1. The second-order valence-electron chi connectivity index (χ2n) is 6.42. The van der Waals surface area contributed by atoms with E-state index in [1.807, 2.05) is 29.1 Å². The number of H-pyrrole nitrogens is 1. The van der Waals surface area contributed by atoms with Crippen LogP contribution in [0.1, 0.15) is 43.1 Å². The zero-order valence-corrected chi connectivity index (χ0v) is 14.9. The number of aliphatic hydroxyl groups is 1. The molecule has 3 aromatic rings. The molecule has 3 aromatic heterocycles. The van der Waals surface area contributed by atoms with Crippen LogP contribution in [-0.4, -0.2) is 36.3 Å². The van der Waals surface area contributed by atoms with Gasteiger partial charge in [-0.25, -0.2) is 4.98 Å². The van der Waals surface area contributed by atoms with E-state index in [4.69, 9.17) is 0 Å². The topological polar surface area (TPSA) is 87.0 Å². The molecule has 2 N–H and O–H groups in total. The second kappa shape index (κ2) is 6.70. The first-order chi connectivity index (χ1) is 12.1. The number of nitrogens with zero attached hydrogens (tertiary/aromatic N) is 4. The van der Waals surface area contributed by atoms with Crippen molar-refractivity contribution in [3.63, 3.8) is 0 Å². The first-order valence-electron chi connectivity index (χ1n) is 8.57. The van der Waals surface area contributed by atoms with Crippen molar-refractivity contribution in [3.05, 3.63) is 45.1 Å². The van der Waals surface area contributed by atoms with Crippen LogP contribution in [0.2, 0.25) is 0 Å². The summed E-state index contributed by atoms with van der Waals surface area (Å²) in [7, 11) is 0. The highest BCUT2D eigenvalue weighted by molar-refractivity contribution is 7.17. The molecule has 4 heterocycles. The fourth-order valence-electron chi connectivity index (χ4n) is 3.27. The summed E-state index contributed by atoms with van der Waals surface area (Å²) in [6, 6.07) is 3.87. The summed E-state index contributed by atoms with van der Waals surface area (Å²) in [5.41, 5.74) is 2.53. The molecule has 7 nitrogen and oxygen atoms in total. The minimum absolute atomic E-state index is 0.0665. The Morgan fingerprint density at radius 2 is 2.32 bits per heavy atom. The van der Waals surface area contributed by atoms with Crippen LogP contribution >= 0.6 is 11.3 Å². The number of thiophene rings is 1. The average Bonchev–Trinajstić information content (AvgIpc) is 3.18. The normalized spacial score (nSPS) is 16.7. The predicted molar refractivity (Wildman–Crippen MR) is 96.4 cm³/mol. The molecule has 1 aliphatic rings. The van der Waals surface area contributed by atoms with Crippen LogP contribution in [0.5, 0.6) is 0 Å². The van der Waals surface area contributed by atoms with Gasteiger partial charge in [0.15, 0.2) is 0 Å². The molecule has 0 unspecified atom stereocenters. The molecule has 1 atom stereocenters. The van der Waals surface area contributed by atoms with Crippen molar-refractivity contribution in [2.24, 2.45) is 0 Å². The quantitative estimate of drug-likeness (QED) is 0.744. The summed E-state index contributed by atoms with van der Waals surface area (Å²) in [5, 5.41) is 16.5. The molecule has 8 heteroatoms. The van der Waals surface area contributed by atoms with Gasteiger partial charge in [0.1, 0.15) is 10.5 Å². The number of hydrogen-bond acceptors (Lipinski definition) is 6. The number of aliphatic hydroxyl groups excluding tert-OH is 1. The Morgan fingerprint density at radius 3 is 3.16 bits per heavy atom. The lowest BCUT2D eigenvalue weighted by Gasteiger charge is -2.18. The standard InChI is InChI=1S/C17H21N5O2S/c1-2-14(23)13-8-11-9-21(5-3-6-22(11)20-13)10-15-18-12-4-7-25-16(12)17(24)19-15/h4,7-8,14,23H,2-3,5-6,9-10H2,1H3,(H,18,19,24)/t14-/m1/s1. The maximum atomic E-state index is 12.1. The Bertz CT molecular complexity index is 944. The van der Waals surface area contributed by atoms with Crippen LogP contribution < -0.4 is 5.56 Å². The number of nitrogens with one attached hydrogen (secondary N) is 1. The molecule has 0 bridgehead atoms. The van der Waals surface area contributed by atoms with Gasteiger partial charge in [0.25, 0.3) is 5.56 Å². The number of aryl methyl sites for hydroxylation is 1. The monoisotopic (exact) mass is 359 g/mol. The SMILES string of the molecule is CC[C@@H](O)c1cc2n(n1)CCCN(Cc1nc3ccsc3c(=O)[nH]1)C2. The first kappa shape index (κ1) is 16.4. The summed E-state index contributed by atoms with van der Waals surface area (Å²) in [5.74, 6) is 0.692. The number of aromatic amines is 1. The van der Waals surface area contributed by atoms with Crippen LogP contribution in [0.4, 0.5) is 0 Å². The van der Waals surface area contributed by atoms with Crippen LogP contribution in [0.15, 0.2) is 22.3 Å². The van der Waals surface area contributed by atoms with Crippen LogP contribution in [0, 0.1) is 0 Å². The third kappa shape index (κ3) is 3.24. The Balaban J connectivity index is 1.56. The Labute approximate surface area is 148 Å². The lowest BCUT2D eigenvalue weighted by atomic mass is 10.2. The molecule has 25 heavy (non-hydrogen) atoms. The van der Waals surface area contributed by atoms with Crippen LogP contribution in [0.25, 0.3) is 10.2 Å². The van der Waals surface area contributed by atoms with E-state index in [-0.39, 0.29) is 5.56 Å². The van der Waals surface area contributed by atoms with Crippen LogP contribution in [-0.2, 0) is 19.6 Å². The molecule has 0 amide bonds. The number of fused-ring (bicyclic) bond motifs is 2. The minimum atomic E-state index is -0.508. The summed E-state index contributed by atoms with van der Waals surface area (Å²) in [6.07, 6.45) is 1.12. The average molecular weight is 359 g/mol. The highest BCUT2D eigenvalue weighted by atomic mass is 32.1. The lowest BCUT2D eigenvalue weighted by molar-refractivity contribution is 0.167. The molecule has 0 fully saturated rings. The van der Waals surface area contributed by atoms with E-state index >= 15 is 0 Å². The maximum Gasteiger partial charge on any atom is 0.268 e. The summed E-state index contributed by atoms with van der Waals surface area (Å²) < 4.78 is 2.67. The van der Waals surface area contributed by atoms with Gasteiger partial charge in [-0.1, -0.05) is 6.92 Å². The van der Waals surface area contributed by atoms with E-state index in [0.717, 1.165) is 43.0 Å².